The molecule has 324 valence electrons. The summed E-state index contributed by atoms with van der Waals surface area (Å²) in [6.45, 7) is 4.73. The lowest BCUT2D eigenvalue weighted by Crippen LogP contribution is -2.45. The number of aliphatic hydroxyl groups excluding tert-OH is 2. The molecule has 6 heteroatoms. The third kappa shape index (κ3) is 41.2. The number of rotatable bonds is 42. The van der Waals surface area contributed by atoms with Crippen molar-refractivity contribution in [1.82, 2.24) is 5.32 Å². The number of esters is 1. The van der Waals surface area contributed by atoms with E-state index in [1.807, 2.05) is 6.08 Å². The molecule has 2 unspecified atom stereocenters. The van der Waals surface area contributed by atoms with Crippen molar-refractivity contribution >= 4 is 11.9 Å². The number of aliphatic hydroxyl groups is 2. The normalized spacial score (nSPS) is 13.3. The zero-order valence-corrected chi connectivity index (χ0v) is 36.6. The number of unbranched alkanes of at least 4 members (excludes halogenated alkanes) is 24. The van der Waals surface area contributed by atoms with Crippen LogP contribution in [0.15, 0.2) is 60.8 Å². The van der Waals surface area contributed by atoms with E-state index in [0.717, 1.165) is 89.9 Å². The summed E-state index contributed by atoms with van der Waals surface area (Å²) in [5.74, 6) is -0.135. The van der Waals surface area contributed by atoms with E-state index < -0.39 is 12.1 Å². The van der Waals surface area contributed by atoms with Gasteiger partial charge in [-0.2, -0.15) is 0 Å². The fourth-order valence-electron chi connectivity index (χ4n) is 6.60. The molecule has 56 heavy (non-hydrogen) atoms. The van der Waals surface area contributed by atoms with Crippen LogP contribution in [0, 0.1) is 0 Å². The highest BCUT2D eigenvalue weighted by molar-refractivity contribution is 5.76. The first-order valence-corrected chi connectivity index (χ1v) is 23.6. The van der Waals surface area contributed by atoms with Gasteiger partial charge in [0.25, 0.3) is 0 Å². The maximum Gasteiger partial charge on any atom is 0.305 e. The van der Waals surface area contributed by atoms with Gasteiger partial charge in [0.2, 0.25) is 5.91 Å². The van der Waals surface area contributed by atoms with Crippen molar-refractivity contribution in [3.8, 4) is 0 Å². The molecule has 6 nitrogen and oxygen atoms in total. The quantitative estimate of drug-likeness (QED) is 0.0248. The lowest BCUT2D eigenvalue weighted by atomic mass is 10.1. The van der Waals surface area contributed by atoms with Crippen LogP contribution in [0.1, 0.15) is 219 Å². The molecule has 1 amide bonds. The molecule has 0 fully saturated rings. The Kier molecular flexibility index (Phi) is 43.3. The van der Waals surface area contributed by atoms with E-state index in [-0.39, 0.29) is 18.5 Å². The van der Waals surface area contributed by atoms with E-state index in [9.17, 15) is 19.8 Å². The lowest BCUT2D eigenvalue weighted by molar-refractivity contribution is -0.143. The average molecular weight is 784 g/mol. The molecule has 0 aromatic heterocycles. The lowest BCUT2D eigenvalue weighted by Gasteiger charge is -2.20. The molecule has 0 bridgehead atoms. The molecule has 0 aliphatic heterocycles. The van der Waals surface area contributed by atoms with Gasteiger partial charge in [-0.25, -0.2) is 0 Å². The van der Waals surface area contributed by atoms with Crippen molar-refractivity contribution in [2.24, 2.45) is 0 Å². The number of carbonyl (C=O) groups is 2. The summed E-state index contributed by atoms with van der Waals surface area (Å²) >= 11 is 0. The summed E-state index contributed by atoms with van der Waals surface area (Å²) in [5.41, 5.74) is 0. The Morgan fingerprint density at radius 1 is 0.518 bits per heavy atom. The highest BCUT2D eigenvalue weighted by atomic mass is 16.5. The number of hydrogen-bond acceptors (Lipinski definition) is 5. The van der Waals surface area contributed by atoms with Crippen LogP contribution in [0.5, 0.6) is 0 Å². The van der Waals surface area contributed by atoms with Gasteiger partial charge < -0.3 is 20.3 Å². The molecule has 0 saturated heterocycles. The van der Waals surface area contributed by atoms with Gasteiger partial charge in [0.05, 0.1) is 25.4 Å². The van der Waals surface area contributed by atoms with Gasteiger partial charge in [-0.05, 0) is 89.9 Å². The molecule has 2 atom stereocenters. The van der Waals surface area contributed by atoms with Crippen LogP contribution in [0.2, 0.25) is 0 Å². The summed E-state index contributed by atoms with van der Waals surface area (Å²) in [6.07, 6.45) is 56.4. The van der Waals surface area contributed by atoms with Crippen molar-refractivity contribution in [1.29, 1.82) is 0 Å². The second kappa shape index (κ2) is 45.3. The summed E-state index contributed by atoms with van der Waals surface area (Å²) < 4.78 is 5.41. The van der Waals surface area contributed by atoms with Crippen molar-refractivity contribution < 1.29 is 24.5 Å². The highest BCUT2D eigenvalue weighted by Crippen LogP contribution is 2.13. The number of carbonyl (C=O) groups excluding carboxylic acids is 2. The Labute approximate surface area is 346 Å². The Morgan fingerprint density at radius 3 is 1.54 bits per heavy atom. The van der Waals surface area contributed by atoms with Crippen LogP contribution in [-0.2, 0) is 14.3 Å². The van der Waals surface area contributed by atoms with E-state index in [1.54, 1.807) is 6.08 Å². The van der Waals surface area contributed by atoms with Crippen molar-refractivity contribution in [2.45, 2.75) is 231 Å². The van der Waals surface area contributed by atoms with Crippen molar-refractivity contribution in [3.63, 3.8) is 0 Å². The summed E-state index contributed by atoms with van der Waals surface area (Å²) in [7, 11) is 0. The Bertz CT molecular complexity index is 999. The van der Waals surface area contributed by atoms with Crippen LogP contribution >= 0.6 is 0 Å². The van der Waals surface area contributed by atoms with E-state index in [0.29, 0.717) is 19.4 Å². The fourth-order valence-corrected chi connectivity index (χ4v) is 6.60. The van der Waals surface area contributed by atoms with Gasteiger partial charge in [0, 0.05) is 12.8 Å². The Morgan fingerprint density at radius 2 is 0.982 bits per heavy atom. The minimum Gasteiger partial charge on any atom is -0.466 e. The Hall–Kier alpha value is -2.44. The van der Waals surface area contributed by atoms with Crippen molar-refractivity contribution in [3.05, 3.63) is 60.8 Å². The van der Waals surface area contributed by atoms with Gasteiger partial charge in [-0.3, -0.25) is 9.59 Å². The number of nitrogens with one attached hydrogen (secondary N) is 1. The van der Waals surface area contributed by atoms with Crippen LogP contribution in [-0.4, -0.2) is 47.4 Å². The number of ether oxygens (including phenoxy) is 1. The maximum atomic E-state index is 12.4. The smallest absolute Gasteiger partial charge is 0.305 e. The maximum absolute atomic E-state index is 12.4. The minimum atomic E-state index is -0.858. The molecular formula is C50H89NO5. The van der Waals surface area contributed by atoms with Crippen LogP contribution in [0.3, 0.4) is 0 Å². The van der Waals surface area contributed by atoms with Gasteiger partial charge in [0.15, 0.2) is 0 Å². The zero-order valence-electron chi connectivity index (χ0n) is 36.6. The van der Waals surface area contributed by atoms with Crippen molar-refractivity contribution in [2.75, 3.05) is 13.2 Å². The van der Waals surface area contributed by atoms with E-state index in [2.05, 4.69) is 67.8 Å². The third-order valence-electron chi connectivity index (χ3n) is 10.3. The molecule has 0 rings (SSSR count). The molecule has 0 spiro atoms. The van der Waals surface area contributed by atoms with Gasteiger partial charge in [-0.1, -0.05) is 177 Å². The molecule has 0 heterocycles. The predicted molar refractivity (Wildman–Crippen MR) is 241 cm³/mol. The number of allylic oxidation sites excluding steroid dienone is 9. The van der Waals surface area contributed by atoms with Crippen LogP contribution in [0.25, 0.3) is 0 Å². The first kappa shape index (κ1) is 53.6. The SMILES string of the molecule is CCC/C=C\C/C=C\CCCCCCCC(=O)OCCCCC/C=C\C=C/CCCCCCCCC(=O)NC(CO)C(O)/C=C/CCCCCCCCCCC. The minimum absolute atomic E-state index is 0.0399. The van der Waals surface area contributed by atoms with E-state index >= 15 is 0 Å². The first-order chi connectivity index (χ1) is 27.5. The third-order valence-corrected chi connectivity index (χ3v) is 10.3. The Balaban J connectivity index is 3.58. The molecule has 3 N–H and O–H groups in total. The predicted octanol–water partition coefficient (Wildman–Crippen LogP) is 13.7. The monoisotopic (exact) mass is 784 g/mol. The molecular weight excluding hydrogens is 695 g/mol. The van der Waals surface area contributed by atoms with Crippen LogP contribution in [0.4, 0.5) is 0 Å². The van der Waals surface area contributed by atoms with E-state index in [4.69, 9.17) is 4.74 Å². The van der Waals surface area contributed by atoms with E-state index in [1.165, 1.54) is 103 Å². The largest absolute Gasteiger partial charge is 0.466 e. The summed E-state index contributed by atoms with van der Waals surface area (Å²) in [4.78, 5) is 24.3. The highest BCUT2D eigenvalue weighted by Gasteiger charge is 2.18. The molecule has 0 saturated carbocycles. The molecule has 0 aromatic carbocycles. The standard InChI is InChI=1S/C50H89NO5/c1-3-5-7-9-11-13-15-19-24-28-32-36-40-44-50(55)56-45-41-37-33-29-25-21-18-16-17-20-23-27-31-35-39-43-49(54)51-47(46-52)48(53)42-38-34-30-26-22-14-12-10-8-6-4-2/h7,9,13,15-16,18,21,25,38,42,47-48,52-53H,3-6,8,10-12,14,17,19-20,22-24,26-37,39-41,43-46H2,1-2H3,(H,51,54)/b9-7-,15-13-,18-16-,25-21-,42-38+. The number of amides is 1. The van der Waals surface area contributed by atoms with Gasteiger partial charge in [0.1, 0.15) is 0 Å². The second-order valence-electron chi connectivity index (χ2n) is 15.8. The molecule has 0 radical (unpaired) electrons. The topological polar surface area (TPSA) is 95.9 Å². The van der Waals surface area contributed by atoms with Crippen LogP contribution < -0.4 is 5.32 Å². The molecule has 0 aliphatic rings. The second-order valence-corrected chi connectivity index (χ2v) is 15.8. The number of hydrogen-bond donors (Lipinski definition) is 3. The fraction of sp³-hybridized carbons (Fsp3) is 0.760. The molecule has 0 aromatic rings. The first-order valence-electron chi connectivity index (χ1n) is 23.6. The summed E-state index contributed by atoms with van der Waals surface area (Å²) in [5, 5.41) is 22.9. The zero-order chi connectivity index (χ0) is 40.8. The average Bonchev–Trinajstić information content (AvgIpc) is 3.20. The summed E-state index contributed by atoms with van der Waals surface area (Å²) in [6, 6.07) is -0.644. The van der Waals surface area contributed by atoms with Gasteiger partial charge >= 0.3 is 5.97 Å². The van der Waals surface area contributed by atoms with Gasteiger partial charge in [-0.15, -0.1) is 0 Å². The molecule has 0 aliphatic carbocycles.